The number of nitrogens with zero attached hydrogens (tertiary/aromatic N) is 1. The van der Waals surface area contributed by atoms with Gasteiger partial charge < -0.3 is 4.74 Å². The quantitative estimate of drug-likeness (QED) is 0.660. The lowest BCUT2D eigenvalue weighted by molar-refractivity contribution is -0.154. The molecule has 0 amide bonds. The molecule has 0 radical (unpaired) electrons. The summed E-state index contributed by atoms with van der Waals surface area (Å²) in [6, 6.07) is 0.701. The van der Waals surface area contributed by atoms with Crippen molar-refractivity contribution in [3.63, 3.8) is 0 Å². The monoisotopic (exact) mass is 284 g/mol. The third-order valence-electron chi connectivity index (χ3n) is 4.05. The van der Waals surface area contributed by atoms with Gasteiger partial charge in [0.2, 0.25) is 0 Å². The van der Waals surface area contributed by atoms with Crippen molar-refractivity contribution in [2.24, 2.45) is 5.92 Å². The fourth-order valence-corrected chi connectivity index (χ4v) is 2.91. The first-order valence-electron chi connectivity index (χ1n) is 8.06. The number of hydrogen-bond donors (Lipinski definition) is 1. The Morgan fingerprint density at radius 2 is 1.90 bits per heavy atom. The van der Waals surface area contributed by atoms with Crippen molar-refractivity contribution in [3.05, 3.63) is 0 Å². The van der Waals surface area contributed by atoms with Crippen molar-refractivity contribution in [2.75, 3.05) is 19.7 Å². The number of rotatable bonds is 9. The molecule has 0 saturated heterocycles. The fourth-order valence-electron chi connectivity index (χ4n) is 2.91. The maximum absolute atomic E-state index is 12.6. The van der Waals surface area contributed by atoms with E-state index in [-0.39, 0.29) is 12.0 Å². The second-order valence-corrected chi connectivity index (χ2v) is 6.42. The van der Waals surface area contributed by atoms with Gasteiger partial charge in [0.05, 0.1) is 6.61 Å². The lowest BCUT2D eigenvalue weighted by Gasteiger charge is -2.40. The molecule has 4 nitrogen and oxygen atoms in total. The van der Waals surface area contributed by atoms with Crippen LogP contribution in [0.1, 0.15) is 54.4 Å². The number of carbonyl (C=O) groups excluding carboxylic acids is 1. The van der Waals surface area contributed by atoms with E-state index in [4.69, 9.17) is 4.74 Å². The molecule has 1 unspecified atom stereocenters. The zero-order valence-electron chi connectivity index (χ0n) is 14.0. The van der Waals surface area contributed by atoms with E-state index in [9.17, 15) is 4.79 Å². The summed E-state index contributed by atoms with van der Waals surface area (Å²) in [6.45, 7) is 14.7. The second kappa shape index (κ2) is 7.41. The van der Waals surface area contributed by atoms with Crippen LogP contribution in [0.4, 0.5) is 0 Å². The Kier molecular flexibility index (Phi) is 6.46. The van der Waals surface area contributed by atoms with Gasteiger partial charge in [-0.15, -0.1) is 0 Å². The number of likely N-dealkylation sites (N-methyl/N-ethyl adjacent to an activating group) is 1. The highest BCUT2D eigenvalue weighted by Gasteiger charge is 2.53. The van der Waals surface area contributed by atoms with Crippen LogP contribution < -0.4 is 5.32 Å². The van der Waals surface area contributed by atoms with Crippen molar-refractivity contribution in [2.45, 2.75) is 72.0 Å². The summed E-state index contributed by atoms with van der Waals surface area (Å²) >= 11 is 0. The molecule has 1 aliphatic rings. The number of hydrogen-bond acceptors (Lipinski definition) is 4. The van der Waals surface area contributed by atoms with E-state index in [1.165, 1.54) is 0 Å². The topological polar surface area (TPSA) is 41.6 Å². The molecule has 0 aromatic carbocycles. The molecule has 1 saturated carbocycles. The lowest BCUT2D eigenvalue weighted by Crippen LogP contribution is -2.63. The Bertz CT molecular complexity index is 314. The molecule has 0 aliphatic heterocycles. The van der Waals surface area contributed by atoms with Gasteiger partial charge in [-0.1, -0.05) is 6.92 Å². The summed E-state index contributed by atoms with van der Waals surface area (Å²) in [4.78, 5) is 15.0. The largest absolute Gasteiger partial charge is 0.465 e. The first-order valence-corrected chi connectivity index (χ1v) is 8.06. The van der Waals surface area contributed by atoms with Gasteiger partial charge in [0.25, 0.3) is 0 Å². The third-order valence-corrected chi connectivity index (χ3v) is 4.05. The molecule has 1 aliphatic carbocycles. The molecule has 0 aromatic rings. The molecular weight excluding hydrogens is 252 g/mol. The van der Waals surface area contributed by atoms with E-state index in [0.717, 1.165) is 25.9 Å². The Morgan fingerprint density at radius 1 is 1.30 bits per heavy atom. The molecule has 0 bridgehead atoms. The van der Waals surface area contributed by atoms with E-state index in [1.54, 1.807) is 0 Å². The predicted octanol–water partition coefficient (Wildman–Crippen LogP) is 2.43. The van der Waals surface area contributed by atoms with E-state index in [2.05, 4.69) is 44.8 Å². The molecule has 0 heterocycles. The molecular formula is C16H32N2O2. The normalized spacial score (nSPS) is 18.6. The van der Waals surface area contributed by atoms with Gasteiger partial charge in [-0.25, -0.2) is 4.79 Å². The Labute approximate surface area is 124 Å². The Balaban J connectivity index is 2.99. The standard InChI is InChI=1S/C16H32N2O2/c1-7-18(13(5)6)11-16(14-9-10-14,17-12(3)4)15(19)20-8-2/h12-14,17H,7-11H2,1-6H3. The Hall–Kier alpha value is -0.610. The second-order valence-electron chi connectivity index (χ2n) is 6.42. The predicted molar refractivity (Wildman–Crippen MR) is 82.7 cm³/mol. The Morgan fingerprint density at radius 3 is 2.25 bits per heavy atom. The summed E-state index contributed by atoms with van der Waals surface area (Å²) in [7, 11) is 0. The van der Waals surface area contributed by atoms with E-state index in [1.807, 2.05) is 6.92 Å². The summed E-state index contributed by atoms with van der Waals surface area (Å²) in [5.74, 6) is 0.340. The minimum Gasteiger partial charge on any atom is -0.465 e. The van der Waals surface area contributed by atoms with Crippen molar-refractivity contribution < 1.29 is 9.53 Å². The molecule has 1 atom stereocenters. The van der Waals surface area contributed by atoms with E-state index >= 15 is 0 Å². The van der Waals surface area contributed by atoms with Crippen LogP contribution in [-0.4, -0.2) is 48.2 Å². The molecule has 1 fully saturated rings. The van der Waals surface area contributed by atoms with Crippen molar-refractivity contribution in [1.82, 2.24) is 10.2 Å². The summed E-state index contributed by atoms with van der Waals surface area (Å²) in [5, 5.41) is 3.54. The van der Waals surface area contributed by atoms with Crippen LogP contribution in [0.5, 0.6) is 0 Å². The van der Waals surface area contributed by atoms with Gasteiger partial charge in [-0.05, 0) is 59.9 Å². The molecule has 0 aromatic heterocycles. The SMILES string of the molecule is CCOC(=O)C(CN(CC)C(C)C)(NC(C)C)C1CC1. The van der Waals surface area contributed by atoms with Gasteiger partial charge >= 0.3 is 5.97 Å². The fraction of sp³-hybridized carbons (Fsp3) is 0.938. The highest BCUT2D eigenvalue weighted by molar-refractivity contribution is 5.82. The molecule has 0 spiro atoms. The molecule has 118 valence electrons. The van der Waals surface area contributed by atoms with Crippen LogP contribution in [-0.2, 0) is 9.53 Å². The minimum absolute atomic E-state index is 0.0738. The average molecular weight is 284 g/mol. The highest BCUT2D eigenvalue weighted by Crippen LogP contribution is 2.41. The minimum atomic E-state index is -0.537. The van der Waals surface area contributed by atoms with Crippen molar-refractivity contribution in [1.29, 1.82) is 0 Å². The van der Waals surface area contributed by atoms with Crippen molar-refractivity contribution >= 4 is 5.97 Å². The summed E-state index contributed by atoms with van der Waals surface area (Å²) < 4.78 is 5.41. The number of esters is 1. The molecule has 20 heavy (non-hydrogen) atoms. The van der Waals surface area contributed by atoms with Gasteiger partial charge in [0.15, 0.2) is 0 Å². The van der Waals surface area contributed by atoms with Crippen LogP contribution in [0.3, 0.4) is 0 Å². The van der Waals surface area contributed by atoms with Gasteiger partial charge in [-0.3, -0.25) is 10.2 Å². The van der Waals surface area contributed by atoms with Gasteiger partial charge in [-0.2, -0.15) is 0 Å². The van der Waals surface area contributed by atoms with Crippen LogP contribution >= 0.6 is 0 Å². The first kappa shape index (κ1) is 17.4. The molecule has 4 heteroatoms. The zero-order chi connectivity index (χ0) is 15.3. The maximum atomic E-state index is 12.6. The van der Waals surface area contributed by atoms with E-state index in [0.29, 0.717) is 18.6 Å². The summed E-state index contributed by atoms with van der Waals surface area (Å²) in [6.07, 6.45) is 2.24. The molecule has 1 N–H and O–H groups in total. The van der Waals surface area contributed by atoms with Crippen LogP contribution in [0.25, 0.3) is 0 Å². The number of carbonyl (C=O) groups is 1. The third kappa shape index (κ3) is 4.19. The smallest absolute Gasteiger partial charge is 0.327 e. The first-order chi connectivity index (χ1) is 9.37. The van der Waals surface area contributed by atoms with Crippen LogP contribution in [0, 0.1) is 5.92 Å². The number of ether oxygens (including phenoxy) is 1. The maximum Gasteiger partial charge on any atom is 0.327 e. The van der Waals surface area contributed by atoms with Gasteiger partial charge in [0.1, 0.15) is 5.54 Å². The van der Waals surface area contributed by atoms with E-state index < -0.39 is 5.54 Å². The average Bonchev–Trinajstić information content (AvgIpc) is 3.18. The van der Waals surface area contributed by atoms with Crippen molar-refractivity contribution in [3.8, 4) is 0 Å². The highest BCUT2D eigenvalue weighted by atomic mass is 16.5. The molecule has 1 rings (SSSR count). The van der Waals surface area contributed by atoms with Gasteiger partial charge in [0, 0.05) is 18.6 Å². The summed E-state index contributed by atoms with van der Waals surface area (Å²) in [5.41, 5.74) is -0.537. The van der Waals surface area contributed by atoms with Crippen LogP contribution in [0.15, 0.2) is 0 Å². The van der Waals surface area contributed by atoms with Crippen LogP contribution in [0.2, 0.25) is 0 Å². The zero-order valence-corrected chi connectivity index (χ0v) is 14.0. The number of nitrogens with one attached hydrogen (secondary N) is 1. The lowest BCUT2D eigenvalue weighted by atomic mass is 9.90.